The molecule has 2 amide bonds. The number of likely N-dealkylation sites (N-methyl/N-ethyl adjacent to an activating group) is 1. The summed E-state index contributed by atoms with van der Waals surface area (Å²) >= 11 is 0. The van der Waals surface area contributed by atoms with Gasteiger partial charge in [-0.05, 0) is 49.0 Å². The van der Waals surface area contributed by atoms with E-state index in [0.717, 1.165) is 30.5 Å². The molecule has 2 N–H and O–H groups in total. The first-order valence-electron chi connectivity index (χ1n) is 9.66. The molecule has 0 spiro atoms. The number of carbonyl (C=O) groups excluding carboxylic acids is 2. The van der Waals surface area contributed by atoms with E-state index in [-0.39, 0.29) is 24.1 Å². The van der Waals surface area contributed by atoms with Crippen LogP contribution < -0.4 is 15.4 Å². The van der Waals surface area contributed by atoms with Crippen molar-refractivity contribution in [1.82, 2.24) is 15.5 Å². The molecule has 0 heterocycles. The molecule has 0 aliphatic heterocycles. The lowest BCUT2D eigenvalue weighted by Gasteiger charge is -2.30. The standard InChI is InChI=1S/C22H28FN3O3/c1-4-26(5-2)20(16-8-7-11-19(13-16)29-3)14-24-21(27)15-25-22(28)17-9-6-10-18(23)12-17/h6-13,20H,4-5,14-15H2,1-3H3,(H,24,27)(H,25,28). The molecular formula is C22H28FN3O3. The Labute approximate surface area is 171 Å². The highest BCUT2D eigenvalue weighted by Crippen LogP contribution is 2.23. The van der Waals surface area contributed by atoms with Crippen molar-refractivity contribution in [3.05, 3.63) is 65.5 Å². The van der Waals surface area contributed by atoms with Gasteiger partial charge in [-0.3, -0.25) is 14.5 Å². The molecule has 1 atom stereocenters. The number of benzene rings is 2. The van der Waals surface area contributed by atoms with Crippen LogP contribution in [0.15, 0.2) is 48.5 Å². The third-order valence-electron chi connectivity index (χ3n) is 4.72. The van der Waals surface area contributed by atoms with E-state index in [1.807, 2.05) is 24.3 Å². The van der Waals surface area contributed by atoms with Gasteiger partial charge >= 0.3 is 0 Å². The van der Waals surface area contributed by atoms with Crippen LogP contribution in [0.2, 0.25) is 0 Å². The zero-order valence-electron chi connectivity index (χ0n) is 17.1. The predicted octanol–water partition coefficient (Wildman–Crippen LogP) is 2.76. The number of nitrogens with zero attached hydrogens (tertiary/aromatic N) is 1. The Balaban J connectivity index is 1.97. The maximum absolute atomic E-state index is 13.2. The Kier molecular flexibility index (Phi) is 8.61. The molecule has 0 saturated heterocycles. The summed E-state index contributed by atoms with van der Waals surface area (Å²) in [7, 11) is 1.62. The Hall–Kier alpha value is -2.93. The predicted molar refractivity (Wildman–Crippen MR) is 110 cm³/mol. The van der Waals surface area contributed by atoms with Gasteiger partial charge in [-0.25, -0.2) is 4.39 Å². The highest BCUT2D eigenvalue weighted by molar-refractivity contribution is 5.96. The molecule has 29 heavy (non-hydrogen) atoms. The number of nitrogens with one attached hydrogen (secondary N) is 2. The molecule has 2 rings (SSSR count). The van der Waals surface area contributed by atoms with E-state index in [0.29, 0.717) is 6.54 Å². The average molecular weight is 401 g/mol. The summed E-state index contributed by atoms with van der Waals surface area (Å²) in [6.07, 6.45) is 0. The summed E-state index contributed by atoms with van der Waals surface area (Å²) in [6.45, 7) is 5.99. The minimum absolute atomic E-state index is 0.0250. The highest BCUT2D eigenvalue weighted by Gasteiger charge is 2.19. The summed E-state index contributed by atoms with van der Waals surface area (Å²) in [5.74, 6) is -0.543. The number of hydrogen-bond acceptors (Lipinski definition) is 4. The number of methoxy groups -OCH3 is 1. The molecule has 6 nitrogen and oxygen atoms in total. The summed E-state index contributed by atoms with van der Waals surface area (Å²) in [5.41, 5.74) is 1.22. The van der Waals surface area contributed by atoms with Gasteiger partial charge in [-0.15, -0.1) is 0 Å². The third kappa shape index (κ3) is 6.57. The van der Waals surface area contributed by atoms with Crippen molar-refractivity contribution in [2.45, 2.75) is 19.9 Å². The Morgan fingerprint density at radius 2 is 1.79 bits per heavy atom. The van der Waals surface area contributed by atoms with Gasteiger partial charge in [0.1, 0.15) is 11.6 Å². The topological polar surface area (TPSA) is 70.7 Å². The Bertz CT molecular complexity index is 824. The van der Waals surface area contributed by atoms with Gasteiger partial charge in [0.2, 0.25) is 5.91 Å². The number of rotatable bonds is 10. The first-order chi connectivity index (χ1) is 14.0. The maximum atomic E-state index is 13.2. The number of ether oxygens (including phenoxy) is 1. The van der Waals surface area contributed by atoms with Gasteiger partial charge in [0.05, 0.1) is 19.7 Å². The molecule has 1 unspecified atom stereocenters. The van der Waals surface area contributed by atoms with Gasteiger partial charge in [0.25, 0.3) is 5.91 Å². The Morgan fingerprint density at radius 3 is 2.45 bits per heavy atom. The molecule has 7 heteroatoms. The smallest absolute Gasteiger partial charge is 0.251 e. The molecule has 0 bridgehead atoms. The minimum atomic E-state index is -0.498. The van der Waals surface area contributed by atoms with E-state index < -0.39 is 11.7 Å². The van der Waals surface area contributed by atoms with E-state index in [9.17, 15) is 14.0 Å². The number of halogens is 1. The molecule has 156 valence electrons. The minimum Gasteiger partial charge on any atom is -0.497 e. The second kappa shape index (κ2) is 11.2. The van der Waals surface area contributed by atoms with Gasteiger partial charge in [0, 0.05) is 12.1 Å². The lowest BCUT2D eigenvalue weighted by atomic mass is 10.0. The fourth-order valence-electron chi connectivity index (χ4n) is 3.14. The van der Waals surface area contributed by atoms with Crippen molar-refractivity contribution in [2.75, 3.05) is 33.3 Å². The van der Waals surface area contributed by atoms with E-state index >= 15 is 0 Å². The van der Waals surface area contributed by atoms with Crippen LogP contribution in [0, 0.1) is 5.82 Å². The summed E-state index contributed by atoms with van der Waals surface area (Å²) in [5, 5.41) is 5.39. The molecule has 0 radical (unpaired) electrons. The van der Waals surface area contributed by atoms with Crippen LogP contribution in [0.4, 0.5) is 4.39 Å². The van der Waals surface area contributed by atoms with Gasteiger partial charge < -0.3 is 15.4 Å². The first-order valence-corrected chi connectivity index (χ1v) is 9.66. The van der Waals surface area contributed by atoms with Crippen LogP contribution >= 0.6 is 0 Å². The van der Waals surface area contributed by atoms with Crippen molar-refractivity contribution < 1.29 is 18.7 Å². The van der Waals surface area contributed by atoms with Crippen molar-refractivity contribution in [3.63, 3.8) is 0 Å². The fourth-order valence-corrected chi connectivity index (χ4v) is 3.14. The average Bonchev–Trinajstić information content (AvgIpc) is 2.74. The van der Waals surface area contributed by atoms with Crippen LogP contribution in [-0.2, 0) is 4.79 Å². The van der Waals surface area contributed by atoms with Crippen molar-refractivity contribution in [3.8, 4) is 5.75 Å². The van der Waals surface area contributed by atoms with Gasteiger partial charge in [-0.2, -0.15) is 0 Å². The van der Waals surface area contributed by atoms with Crippen molar-refractivity contribution >= 4 is 11.8 Å². The van der Waals surface area contributed by atoms with E-state index in [1.54, 1.807) is 7.11 Å². The van der Waals surface area contributed by atoms with Crippen molar-refractivity contribution in [2.24, 2.45) is 0 Å². The molecule has 0 saturated carbocycles. The number of amides is 2. The molecule has 0 fully saturated rings. The Morgan fingerprint density at radius 1 is 1.07 bits per heavy atom. The number of hydrogen-bond donors (Lipinski definition) is 2. The van der Waals surface area contributed by atoms with Crippen LogP contribution in [0.1, 0.15) is 35.8 Å². The van der Waals surface area contributed by atoms with Crippen LogP contribution in [0.3, 0.4) is 0 Å². The summed E-state index contributed by atoms with van der Waals surface area (Å²) < 4.78 is 18.5. The highest BCUT2D eigenvalue weighted by atomic mass is 19.1. The zero-order chi connectivity index (χ0) is 21.2. The zero-order valence-corrected chi connectivity index (χ0v) is 17.1. The van der Waals surface area contributed by atoms with E-state index in [4.69, 9.17) is 4.74 Å². The SMILES string of the molecule is CCN(CC)C(CNC(=O)CNC(=O)c1cccc(F)c1)c1cccc(OC)c1. The second-order valence-electron chi connectivity index (χ2n) is 6.51. The fraction of sp³-hybridized carbons (Fsp3) is 0.364. The number of carbonyl (C=O) groups is 2. The van der Waals surface area contributed by atoms with Crippen LogP contribution in [-0.4, -0.2) is 50.0 Å². The van der Waals surface area contributed by atoms with E-state index in [2.05, 4.69) is 29.4 Å². The summed E-state index contributed by atoms with van der Waals surface area (Å²) in [4.78, 5) is 26.5. The van der Waals surface area contributed by atoms with Gasteiger partial charge in [0.15, 0.2) is 0 Å². The lowest BCUT2D eigenvalue weighted by molar-refractivity contribution is -0.120. The summed E-state index contributed by atoms with van der Waals surface area (Å²) in [6, 6.07) is 13.1. The lowest BCUT2D eigenvalue weighted by Crippen LogP contribution is -2.42. The largest absolute Gasteiger partial charge is 0.497 e. The monoisotopic (exact) mass is 401 g/mol. The van der Waals surface area contributed by atoms with Crippen molar-refractivity contribution in [1.29, 1.82) is 0 Å². The third-order valence-corrected chi connectivity index (χ3v) is 4.72. The normalized spacial score (nSPS) is 11.8. The van der Waals surface area contributed by atoms with Gasteiger partial charge in [-0.1, -0.05) is 32.0 Å². The second-order valence-corrected chi connectivity index (χ2v) is 6.51. The molecule has 0 aromatic heterocycles. The van der Waals surface area contributed by atoms with Crippen LogP contribution in [0.25, 0.3) is 0 Å². The first kappa shape index (κ1) is 22.4. The molecular weight excluding hydrogens is 373 g/mol. The molecule has 0 aliphatic carbocycles. The van der Waals surface area contributed by atoms with E-state index in [1.165, 1.54) is 18.2 Å². The molecule has 0 aliphatic rings. The van der Waals surface area contributed by atoms with Crippen LogP contribution in [0.5, 0.6) is 5.75 Å². The maximum Gasteiger partial charge on any atom is 0.251 e. The molecule has 2 aromatic carbocycles. The molecule has 2 aromatic rings. The quantitative estimate of drug-likeness (QED) is 0.642.